The molecule has 0 unspecified atom stereocenters. The van der Waals surface area contributed by atoms with Crippen LogP contribution in [0.5, 0.6) is 0 Å². The van der Waals surface area contributed by atoms with E-state index in [2.05, 4.69) is 5.32 Å². The molecule has 0 bridgehead atoms. The maximum absolute atomic E-state index is 12.5. The topological polar surface area (TPSA) is 58.6 Å². The summed E-state index contributed by atoms with van der Waals surface area (Å²) in [6, 6.07) is 19.1. The van der Waals surface area contributed by atoms with Crippen LogP contribution in [-0.2, 0) is 9.53 Å². The number of β-amino-alcohol motifs (C(OH)–C–C–N with tert-alkyl or cyclic N) is 1. The summed E-state index contributed by atoms with van der Waals surface area (Å²) in [5.74, 6) is -0.269. The van der Waals surface area contributed by atoms with Crippen LogP contribution in [0.3, 0.4) is 0 Å². The monoisotopic (exact) mass is 311 g/mol. The van der Waals surface area contributed by atoms with E-state index >= 15 is 0 Å². The molecule has 1 heterocycles. The molecule has 0 spiro atoms. The number of hydrogen-bond donors (Lipinski definition) is 2. The van der Waals surface area contributed by atoms with Crippen LogP contribution >= 0.6 is 0 Å². The van der Waals surface area contributed by atoms with Crippen molar-refractivity contribution in [3.05, 3.63) is 71.8 Å². The number of carbonyl (C=O) groups is 1. The van der Waals surface area contributed by atoms with Gasteiger partial charge in [-0.3, -0.25) is 4.79 Å². The predicted molar refractivity (Wildman–Crippen MR) is 87.9 cm³/mol. The van der Waals surface area contributed by atoms with Gasteiger partial charge in [0.1, 0.15) is 6.04 Å². The molecule has 2 N–H and O–H groups in total. The fourth-order valence-electron chi connectivity index (χ4n) is 2.83. The first-order valence-corrected chi connectivity index (χ1v) is 7.96. The minimum Gasteiger partial charge on any atom is -0.451 e. The van der Waals surface area contributed by atoms with Crippen LogP contribution in [0.15, 0.2) is 60.7 Å². The molecule has 2 aromatic rings. The van der Waals surface area contributed by atoms with Crippen LogP contribution in [0.25, 0.3) is 0 Å². The molecule has 4 nitrogen and oxygen atoms in total. The number of ether oxygens (including phenoxy) is 1. The number of aliphatic hydroxyl groups is 1. The summed E-state index contributed by atoms with van der Waals surface area (Å²) in [4.78, 5) is 12.5. The Morgan fingerprint density at radius 2 is 1.57 bits per heavy atom. The smallest absolute Gasteiger partial charge is 0.324 e. The molecule has 2 atom stereocenters. The summed E-state index contributed by atoms with van der Waals surface area (Å²) in [6.07, 6.45) is 0.418. The van der Waals surface area contributed by atoms with Gasteiger partial charge in [0.15, 0.2) is 6.10 Å². The Hall–Kier alpha value is -2.17. The third kappa shape index (κ3) is 3.97. The number of hydrogen-bond acceptors (Lipinski definition) is 4. The second-order valence-corrected chi connectivity index (χ2v) is 5.83. The summed E-state index contributed by atoms with van der Waals surface area (Å²) in [7, 11) is 0. The van der Waals surface area contributed by atoms with E-state index in [1.165, 1.54) is 0 Å². The van der Waals surface area contributed by atoms with Gasteiger partial charge >= 0.3 is 5.97 Å². The van der Waals surface area contributed by atoms with Crippen LogP contribution in [0.4, 0.5) is 0 Å². The Labute approximate surface area is 136 Å². The summed E-state index contributed by atoms with van der Waals surface area (Å²) in [6.45, 7) is 0.432. The molecule has 0 radical (unpaired) electrons. The fourth-order valence-corrected chi connectivity index (χ4v) is 2.83. The van der Waals surface area contributed by atoms with Crippen molar-refractivity contribution < 1.29 is 14.6 Å². The molecule has 0 aromatic heterocycles. The second-order valence-electron chi connectivity index (χ2n) is 5.83. The maximum Gasteiger partial charge on any atom is 0.324 e. The lowest BCUT2D eigenvalue weighted by Crippen LogP contribution is -2.46. The largest absolute Gasteiger partial charge is 0.451 e. The molecule has 23 heavy (non-hydrogen) atoms. The lowest BCUT2D eigenvalue weighted by Gasteiger charge is -2.27. The number of carbonyl (C=O) groups excluding carboxylic acids is 1. The average molecular weight is 311 g/mol. The van der Waals surface area contributed by atoms with Gasteiger partial charge in [0, 0.05) is 6.54 Å². The van der Waals surface area contributed by atoms with Gasteiger partial charge in [-0.05, 0) is 24.0 Å². The van der Waals surface area contributed by atoms with Crippen LogP contribution in [-0.4, -0.2) is 29.8 Å². The molecule has 1 aliphatic heterocycles. The van der Waals surface area contributed by atoms with Crippen LogP contribution in [0.1, 0.15) is 30.1 Å². The quantitative estimate of drug-likeness (QED) is 0.852. The molecule has 2 aromatic carbocycles. The highest BCUT2D eigenvalue weighted by molar-refractivity contribution is 5.76. The van der Waals surface area contributed by atoms with Gasteiger partial charge < -0.3 is 15.2 Å². The normalized spacial score (nSPS) is 21.1. The minimum atomic E-state index is -0.418. The lowest BCUT2D eigenvalue weighted by molar-refractivity contribution is -0.151. The second kappa shape index (κ2) is 7.40. The highest BCUT2D eigenvalue weighted by Crippen LogP contribution is 2.27. The zero-order chi connectivity index (χ0) is 16.1. The van der Waals surface area contributed by atoms with Gasteiger partial charge in [-0.2, -0.15) is 0 Å². The van der Waals surface area contributed by atoms with E-state index in [-0.39, 0.29) is 18.1 Å². The Balaban J connectivity index is 1.78. The predicted octanol–water partition coefficient (Wildman–Crippen LogP) is 2.43. The molecule has 1 aliphatic rings. The van der Waals surface area contributed by atoms with Gasteiger partial charge in [-0.15, -0.1) is 0 Å². The summed E-state index contributed by atoms with van der Waals surface area (Å²) < 4.78 is 5.81. The van der Waals surface area contributed by atoms with Crippen LogP contribution < -0.4 is 5.32 Å². The van der Waals surface area contributed by atoms with Crippen molar-refractivity contribution >= 4 is 5.97 Å². The van der Waals surface area contributed by atoms with Crippen molar-refractivity contribution in [2.75, 3.05) is 6.54 Å². The molecule has 0 aliphatic carbocycles. The van der Waals surface area contributed by atoms with Crippen molar-refractivity contribution in [3.8, 4) is 0 Å². The average Bonchev–Trinajstić information content (AvgIpc) is 2.61. The number of piperidine rings is 1. The fraction of sp³-hybridized carbons (Fsp3) is 0.316. The van der Waals surface area contributed by atoms with E-state index in [1.54, 1.807) is 0 Å². The van der Waals surface area contributed by atoms with Gasteiger partial charge in [-0.25, -0.2) is 0 Å². The third-order valence-electron chi connectivity index (χ3n) is 4.11. The van der Waals surface area contributed by atoms with Crippen LogP contribution in [0, 0.1) is 0 Å². The van der Waals surface area contributed by atoms with E-state index in [0.29, 0.717) is 19.4 Å². The van der Waals surface area contributed by atoms with Gasteiger partial charge in [-0.1, -0.05) is 60.7 Å². The number of esters is 1. The Morgan fingerprint density at radius 3 is 2.04 bits per heavy atom. The number of rotatable bonds is 4. The lowest BCUT2D eigenvalue weighted by atomic mass is 10.0. The zero-order valence-corrected chi connectivity index (χ0v) is 12.9. The molecular formula is C19H21NO3. The number of nitrogens with one attached hydrogen (secondary N) is 1. The molecule has 0 amide bonds. The number of benzene rings is 2. The van der Waals surface area contributed by atoms with Crippen molar-refractivity contribution in [2.45, 2.75) is 31.1 Å². The molecule has 4 heteroatoms. The van der Waals surface area contributed by atoms with Crippen LogP contribution in [0.2, 0.25) is 0 Å². The minimum absolute atomic E-state index is 0.269. The molecule has 120 valence electrons. The Morgan fingerprint density at radius 1 is 1.00 bits per heavy atom. The van der Waals surface area contributed by atoms with E-state index < -0.39 is 6.10 Å². The van der Waals surface area contributed by atoms with Gasteiger partial charge in [0.25, 0.3) is 0 Å². The molecule has 3 rings (SSSR count). The van der Waals surface area contributed by atoms with Gasteiger partial charge in [0.2, 0.25) is 0 Å². The van der Waals surface area contributed by atoms with Gasteiger partial charge in [0.05, 0.1) is 6.10 Å². The molecular weight excluding hydrogens is 290 g/mol. The highest BCUT2D eigenvalue weighted by atomic mass is 16.5. The van der Waals surface area contributed by atoms with Crippen molar-refractivity contribution in [3.63, 3.8) is 0 Å². The van der Waals surface area contributed by atoms with E-state index in [4.69, 9.17) is 4.74 Å². The zero-order valence-electron chi connectivity index (χ0n) is 12.9. The first kappa shape index (κ1) is 15.7. The summed E-state index contributed by atoms with van der Waals surface area (Å²) in [5, 5.41) is 12.6. The Bertz CT molecular complexity index is 582. The van der Waals surface area contributed by atoms with E-state index in [1.807, 2.05) is 60.7 Å². The maximum atomic E-state index is 12.5. The third-order valence-corrected chi connectivity index (χ3v) is 4.11. The van der Waals surface area contributed by atoms with E-state index in [9.17, 15) is 9.90 Å². The van der Waals surface area contributed by atoms with E-state index in [0.717, 1.165) is 11.1 Å². The number of aliphatic hydroxyl groups excluding tert-OH is 1. The van der Waals surface area contributed by atoms with Crippen molar-refractivity contribution in [1.29, 1.82) is 0 Å². The SMILES string of the molecule is O=C(OC(c1ccccc1)c1ccccc1)[C@H]1CC[C@H](O)CN1. The Kier molecular flexibility index (Phi) is 5.05. The highest BCUT2D eigenvalue weighted by Gasteiger charge is 2.28. The molecule has 0 saturated carbocycles. The standard InChI is InChI=1S/C19H21NO3/c21-16-11-12-17(20-13-16)19(22)23-18(14-7-3-1-4-8-14)15-9-5-2-6-10-15/h1-10,16-18,20-21H,11-13H2/t16-,17+/m0/s1. The first-order chi connectivity index (χ1) is 11.2. The first-order valence-electron chi connectivity index (χ1n) is 7.96. The van der Waals surface area contributed by atoms with Crippen molar-refractivity contribution in [2.24, 2.45) is 0 Å². The van der Waals surface area contributed by atoms with Crippen molar-refractivity contribution in [1.82, 2.24) is 5.32 Å². The summed E-state index contributed by atoms with van der Waals surface area (Å²) >= 11 is 0. The summed E-state index contributed by atoms with van der Waals surface area (Å²) in [5.41, 5.74) is 1.89. The molecule has 1 fully saturated rings. The molecule has 1 saturated heterocycles.